The number of hydrogen-bond acceptors (Lipinski definition) is 3. The van der Waals surface area contributed by atoms with E-state index in [0.717, 1.165) is 44.0 Å². The van der Waals surface area contributed by atoms with Crippen LogP contribution in [0.1, 0.15) is 37.3 Å². The number of nitrogens with zero attached hydrogens (tertiary/aromatic N) is 2. The topological polar surface area (TPSA) is 32.8 Å². The third kappa shape index (κ3) is 6.38. The first-order chi connectivity index (χ1) is 14.0. The van der Waals surface area contributed by atoms with Gasteiger partial charge >= 0.3 is 0 Å². The summed E-state index contributed by atoms with van der Waals surface area (Å²) in [6.45, 7) is 8.90. The molecule has 1 aliphatic heterocycles. The molecule has 0 radical (unpaired) electrons. The Bertz CT molecular complexity index is 760. The molecule has 0 saturated carbocycles. The van der Waals surface area contributed by atoms with Crippen LogP contribution in [-0.2, 0) is 16.1 Å². The summed E-state index contributed by atoms with van der Waals surface area (Å²) in [6.07, 6.45) is 0.409. The Hall–Kier alpha value is -2.24. The van der Waals surface area contributed by atoms with Crippen LogP contribution in [0.5, 0.6) is 0 Å². The summed E-state index contributed by atoms with van der Waals surface area (Å²) in [5, 5.41) is 0. The first-order valence-corrected chi connectivity index (χ1v) is 10.4. The van der Waals surface area contributed by atoms with Gasteiger partial charge in [-0.15, -0.1) is 0 Å². The maximum atomic E-state index is 13.3. The van der Waals surface area contributed by atoms with Gasteiger partial charge in [-0.2, -0.15) is 0 Å². The summed E-state index contributed by atoms with van der Waals surface area (Å²) < 4.78 is 18.7. The van der Waals surface area contributed by atoms with E-state index in [1.165, 1.54) is 12.1 Å². The molecule has 0 aliphatic carbocycles. The monoisotopic (exact) mass is 398 g/mol. The Balaban J connectivity index is 1.69. The highest BCUT2D eigenvalue weighted by Crippen LogP contribution is 2.22. The van der Waals surface area contributed by atoms with Crippen LogP contribution in [0.3, 0.4) is 0 Å². The lowest BCUT2D eigenvalue weighted by molar-refractivity contribution is -0.134. The molecule has 156 valence electrons. The van der Waals surface area contributed by atoms with Crippen molar-refractivity contribution in [2.45, 2.75) is 38.8 Å². The molecule has 0 aromatic heterocycles. The fourth-order valence-electron chi connectivity index (χ4n) is 3.81. The van der Waals surface area contributed by atoms with E-state index in [0.29, 0.717) is 13.0 Å². The number of amides is 1. The predicted molar refractivity (Wildman–Crippen MR) is 113 cm³/mol. The summed E-state index contributed by atoms with van der Waals surface area (Å²) in [6, 6.07) is 16.7. The van der Waals surface area contributed by atoms with E-state index < -0.39 is 0 Å². The first-order valence-electron chi connectivity index (χ1n) is 10.4. The quantitative estimate of drug-likeness (QED) is 0.672. The number of carbonyl (C=O) groups excluding carboxylic acids is 1. The van der Waals surface area contributed by atoms with E-state index in [2.05, 4.69) is 24.0 Å². The minimum Gasteiger partial charge on any atom is -0.379 e. The molecule has 1 heterocycles. The van der Waals surface area contributed by atoms with Crippen molar-refractivity contribution in [1.29, 1.82) is 0 Å². The van der Waals surface area contributed by atoms with Crippen LogP contribution in [0.25, 0.3) is 0 Å². The number of morpholine rings is 1. The van der Waals surface area contributed by atoms with Crippen molar-refractivity contribution in [1.82, 2.24) is 9.80 Å². The Morgan fingerprint density at radius 2 is 1.72 bits per heavy atom. The van der Waals surface area contributed by atoms with Crippen molar-refractivity contribution in [3.05, 3.63) is 71.5 Å². The van der Waals surface area contributed by atoms with Gasteiger partial charge in [0, 0.05) is 38.6 Å². The van der Waals surface area contributed by atoms with Crippen molar-refractivity contribution in [3.63, 3.8) is 0 Å². The third-order valence-electron chi connectivity index (χ3n) is 5.59. The molecule has 1 saturated heterocycles. The molecule has 2 unspecified atom stereocenters. The average molecular weight is 399 g/mol. The van der Waals surface area contributed by atoms with Crippen LogP contribution in [0.15, 0.2) is 54.6 Å². The van der Waals surface area contributed by atoms with Crippen LogP contribution in [0.4, 0.5) is 4.39 Å². The molecule has 1 aliphatic rings. The standard InChI is InChI=1S/C24H31FN2O2/c1-19(22-8-10-23(25)11-9-22)16-24(28)27(18-21-6-4-3-5-7-21)20(2)17-26-12-14-29-15-13-26/h3-11,19-20H,12-18H2,1-2H3. The zero-order chi connectivity index (χ0) is 20.6. The summed E-state index contributed by atoms with van der Waals surface area (Å²) in [5.74, 6) is -0.0829. The molecule has 0 bridgehead atoms. The normalized spacial score (nSPS) is 16.9. The molecule has 29 heavy (non-hydrogen) atoms. The van der Waals surface area contributed by atoms with Crippen LogP contribution in [0.2, 0.25) is 0 Å². The van der Waals surface area contributed by atoms with E-state index in [1.807, 2.05) is 30.0 Å². The second-order valence-electron chi connectivity index (χ2n) is 7.93. The second-order valence-corrected chi connectivity index (χ2v) is 7.93. The van der Waals surface area contributed by atoms with Gasteiger partial charge in [0.2, 0.25) is 5.91 Å². The zero-order valence-corrected chi connectivity index (χ0v) is 17.4. The van der Waals surface area contributed by atoms with E-state index >= 15 is 0 Å². The fourth-order valence-corrected chi connectivity index (χ4v) is 3.81. The highest BCUT2D eigenvalue weighted by atomic mass is 19.1. The van der Waals surface area contributed by atoms with Crippen molar-refractivity contribution in [2.75, 3.05) is 32.8 Å². The largest absolute Gasteiger partial charge is 0.379 e. The number of benzene rings is 2. The number of halogens is 1. The molecule has 2 atom stereocenters. The van der Waals surface area contributed by atoms with Gasteiger partial charge in [0.1, 0.15) is 5.82 Å². The molecule has 2 aromatic carbocycles. The first kappa shape index (κ1) is 21.5. The van der Waals surface area contributed by atoms with Crippen molar-refractivity contribution in [3.8, 4) is 0 Å². The van der Waals surface area contributed by atoms with Crippen LogP contribution >= 0.6 is 0 Å². The molecule has 5 heteroatoms. The Labute approximate surface area is 173 Å². The molecular weight excluding hydrogens is 367 g/mol. The smallest absolute Gasteiger partial charge is 0.223 e. The lowest BCUT2D eigenvalue weighted by Gasteiger charge is -2.35. The highest BCUT2D eigenvalue weighted by Gasteiger charge is 2.25. The zero-order valence-electron chi connectivity index (χ0n) is 17.4. The SMILES string of the molecule is CC(CC(=O)N(Cc1ccccc1)C(C)CN1CCOCC1)c1ccc(F)cc1. The van der Waals surface area contributed by atoms with Crippen molar-refractivity contribution < 1.29 is 13.9 Å². The minimum absolute atomic E-state index is 0.0389. The summed E-state index contributed by atoms with van der Waals surface area (Å²) in [4.78, 5) is 17.6. The molecular formula is C24H31FN2O2. The van der Waals surface area contributed by atoms with E-state index in [4.69, 9.17) is 4.74 Å². The maximum absolute atomic E-state index is 13.3. The molecule has 1 amide bonds. The van der Waals surface area contributed by atoms with Crippen molar-refractivity contribution >= 4 is 5.91 Å². The van der Waals surface area contributed by atoms with Gasteiger partial charge in [0.25, 0.3) is 0 Å². The van der Waals surface area contributed by atoms with Gasteiger partial charge in [0.05, 0.1) is 13.2 Å². The molecule has 0 N–H and O–H groups in total. The molecule has 4 nitrogen and oxygen atoms in total. The van der Waals surface area contributed by atoms with Gasteiger partial charge in [-0.05, 0) is 36.1 Å². The molecule has 1 fully saturated rings. The third-order valence-corrected chi connectivity index (χ3v) is 5.59. The second kappa shape index (κ2) is 10.5. The molecule has 3 rings (SSSR count). The number of hydrogen-bond donors (Lipinski definition) is 0. The number of ether oxygens (including phenoxy) is 1. The summed E-state index contributed by atoms with van der Waals surface area (Å²) in [5.41, 5.74) is 2.12. The highest BCUT2D eigenvalue weighted by molar-refractivity contribution is 5.77. The molecule has 0 spiro atoms. The van der Waals surface area contributed by atoms with Gasteiger partial charge in [0.15, 0.2) is 0 Å². The summed E-state index contributed by atoms with van der Waals surface area (Å²) in [7, 11) is 0. The minimum atomic E-state index is -0.253. The van der Waals surface area contributed by atoms with Crippen LogP contribution in [-0.4, -0.2) is 54.6 Å². The Morgan fingerprint density at radius 3 is 2.38 bits per heavy atom. The van der Waals surface area contributed by atoms with Crippen LogP contribution < -0.4 is 0 Å². The number of carbonyl (C=O) groups is 1. The number of rotatable bonds is 8. The fraction of sp³-hybridized carbons (Fsp3) is 0.458. The van der Waals surface area contributed by atoms with E-state index in [1.54, 1.807) is 12.1 Å². The van der Waals surface area contributed by atoms with Gasteiger partial charge in [-0.1, -0.05) is 49.4 Å². The van der Waals surface area contributed by atoms with Crippen LogP contribution in [0, 0.1) is 5.82 Å². The summed E-state index contributed by atoms with van der Waals surface area (Å²) >= 11 is 0. The maximum Gasteiger partial charge on any atom is 0.223 e. The molecule has 2 aromatic rings. The van der Waals surface area contributed by atoms with Crippen molar-refractivity contribution in [2.24, 2.45) is 0 Å². The Morgan fingerprint density at radius 1 is 1.07 bits per heavy atom. The lowest BCUT2D eigenvalue weighted by Crippen LogP contribution is -2.48. The Kier molecular flexibility index (Phi) is 7.78. The predicted octanol–water partition coefficient (Wildman–Crippen LogP) is 4.07. The average Bonchev–Trinajstić information content (AvgIpc) is 2.73. The van der Waals surface area contributed by atoms with Gasteiger partial charge < -0.3 is 9.64 Å². The van der Waals surface area contributed by atoms with E-state index in [-0.39, 0.29) is 23.7 Å². The van der Waals surface area contributed by atoms with Gasteiger partial charge in [-0.25, -0.2) is 4.39 Å². The van der Waals surface area contributed by atoms with Gasteiger partial charge in [-0.3, -0.25) is 9.69 Å². The van der Waals surface area contributed by atoms with E-state index in [9.17, 15) is 9.18 Å². The lowest BCUT2D eigenvalue weighted by atomic mass is 9.96.